The van der Waals surface area contributed by atoms with Gasteiger partial charge in [0.25, 0.3) is 0 Å². The summed E-state index contributed by atoms with van der Waals surface area (Å²) in [5.41, 5.74) is 3.94. The third-order valence-electron chi connectivity index (χ3n) is 3.06. The lowest BCUT2D eigenvalue weighted by Crippen LogP contribution is -2.04. The van der Waals surface area contributed by atoms with E-state index in [4.69, 9.17) is 11.6 Å². The van der Waals surface area contributed by atoms with Crippen molar-refractivity contribution in [3.8, 4) is 0 Å². The third kappa shape index (κ3) is 2.56. The highest BCUT2D eigenvalue weighted by atomic mass is 35.5. The molecular formula is C14H16ClFN2. The molecule has 0 amide bonds. The van der Waals surface area contributed by atoms with Crippen LogP contribution in [0.1, 0.15) is 34.8 Å². The first-order valence-electron chi connectivity index (χ1n) is 5.91. The van der Waals surface area contributed by atoms with Crippen LogP contribution in [0.5, 0.6) is 0 Å². The van der Waals surface area contributed by atoms with Crippen LogP contribution in [0, 0.1) is 19.7 Å². The molecule has 1 heterocycles. The Morgan fingerprint density at radius 3 is 2.67 bits per heavy atom. The molecule has 0 radical (unpaired) electrons. The van der Waals surface area contributed by atoms with E-state index in [0.29, 0.717) is 6.54 Å². The van der Waals surface area contributed by atoms with Crippen molar-refractivity contribution in [1.82, 2.24) is 9.78 Å². The molecular weight excluding hydrogens is 251 g/mol. The van der Waals surface area contributed by atoms with Crippen LogP contribution in [0.15, 0.2) is 24.3 Å². The summed E-state index contributed by atoms with van der Waals surface area (Å²) >= 11 is 6.14. The van der Waals surface area contributed by atoms with E-state index >= 15 is 0 Å². The molecule has 0 aliphatic rings. The Hall–Kier alpha value is -1.35. The fourth-order valence-electron chi connectivity index (χ4n) is 2.25. The van der Waals surface area contributed by atoms with Gasteiger partial charge in [-0.25, -0.2) is 4.39 Å². The zero-order valence-corrected chi connectivity index (χ0v) is 11.5. The maximum atomic E-state index is 13.1. The first kappa shape index (κ1) is 13.1. The number of rotatable bonds is 3. The van der Waals surface area contributed by atoms with Gasteiger partial charge in [-0.1, -0.05) is 12.1 Å². The van der Waals surface area contributed by atoms with Crippen molar-refractivity contribution in [2.75, 3.05) is 0 Å². The second-order valence-corrected chi connectivity index (χ2v) is 5.14. The van der Waals surface area contributed by atoms with E-state index in [9.17, 15) is 4.39 Å². The van der Waals surface area contributed by atoms with E-state index in [2.05, 4.69) is 5.10 Å². The molecule has 0 N–H and O–H groups in total. The maximum Gasteiger partial charge on any atom is 0.123 e. The highest BCUT2D eigenvalue weighted by Gasteiger charge is 2.15. The van der Waals surface area contributed by atoms with Crippen molar-refractivity contribution < 1.29 is 4.39 Å². The molecule has 0 aliphatic heterocycles. The number of hydrogen-bond acceptors (Lipinski definition) is 1. The SMILES string of the molecule is Cc1nn(Cc2cccc(F)c2)c(C)c1C(C)Cl. The van der Waals surface area contributed by atoms with Crippen LogP contribution in [0.2, 0.25) is 0 Å². The predicted octanol–water partition coefficient (Wildman–Crippen LogP) is 3.99. The van der Waals surface area contributed by atoms with Crippen molar-refractivity contribution in [3.63, 3.8) is 0 Å². The van der Waals surface area contributed by atoms with Crippen molar-refractivity contribution in [2.45, 2.75) is 32.7 Å². The highest BCUT2D eigenvalue weighted by molar-refractivity contribution is 6.20. The smallest absolute Gasteiger partial charge is 0.123 e. The molecule has 4 heteroatoms. The number of aryl methyl sites for hydroxylation is 1. The van der Waals surface area contributed by atoms with E-state index in [-0.39, 0.29) is 11.2 Å². The summed E-state index contributed by atoms with van der Waals surface area (Å²) < 4.78 is 15.0. The van der Waals surface area contributed by atoms with E-state index in [0.717, 1.165) is 22.5 Å². The summed E-state index contributed by atoms with van der Waals surface area (Å²) in [5, 5.41) is 4.40. The van der Waals surface area contributed by atoms with Crippen LogP contribution in [-0.2, 0) is 6.54 Å². The number of halogens is 2. The molecule has 1 unspecified atom stereocenters. The Balaban J connectivity index is 2.33. The van der Waals surface area contributed by atoms with Crippen molar-refractivity contribution in [2.24, 2.45) is 0 Å². The summed E-state index contributed by atoms with van der Waals surface area (Å²) in [6, 6.07) is 6.57. The third-order valence-corrected chi connectivity index (χ3v) is 3.27. The summed E-state index contributed by atoms with van der Waals surface area (Å²) in [5.74, 6) is -0.222. The maximum absolute atomic E-state index is 13.1. The monoisotopic (exact) mass is 266 g/mol. The number of alkyl halides is 1. The molecule has 96 valence electrons. The summed E-state index contributed by atoms with van der Waals surface area (Å²) in [7, 11) is 0. The number of hydrogen-bond donors (Lipinski definition) is 0. The minimum atomic E-state index is -0.222. The fraction of sp³-hybridized carbons (Fsp3) is 0.357. The number of nitrogens with zero attached hydrogens (tertiary/aromatic N) is 2. The zero-order chi connectivity index (χ0) is 13.3. The standard InChI is InChI=1S/C14H16ClFN2/c1-9(15)14-10(2)17-18(11(14)3)8-12-5-4-6-13(16)7-12/h4-7,9H,8H2,1-3H3. The van der Waals surface area contributed by atoms with Gasteiger partial charge in [0.05, 0.1) is 17.6 Å². The molecule has 0 spiro atoms. The lowest BCUT2D eigenvalue weighted by atomic mass is 10.1. The molecule has 2 aromatic rings. The van der Waals surface area contributed by atoms with E-state index in [1.807, 2.05) is 31.5 Å². The van der Waals surface area contributed by atoms with Crippen LogP contribution in [0.3, 0.4) is 0 Å². The summed E-state index contributed by atoms with van der Waals surface area (Å²) in [4.78, 5) is 0. The zero-order valence-electron chi connectivity index (χ0n) is 10.7. The van der Waals surface area contributed by atoms with Gasteiger partial charge in [0, 0.05) is 11.3 Å². The van der Waals surface area contributed by atoms with Gasteiger partial charge in [-0.05, 0) is 38.5 Å². The van der Waals surface area contributed by atoms with Crippen LogP contribution < -0.4 is 0 Å². The van der Waals surface area contributed by atoms with Gasteiger partial charge in [0.15, 0.2) is 0 Å². The number of aromatic nitrogens is 2. The Kier molecular flexibility index (Phi) is 3.71. The van der Waals surface area contributed by atoms with Crippen molar-refractivity contribution in [3.05, 3.63) is 52.6 Å². The van der Waals surface area contributed by atoms with E-state index < -0.39 is 0 Å². The first-order chi connectivity index (χ1) is 8.49. The normalized spacial score (nSPS) is 12.7. The second-order valence-electron chi connectivity index (χ2n) is 4.49. The Bertz CT molecular complexity index is 561. The molecule has 18 heavy (non-hydrogen) atoms. The Morgan fingerprint density at radius 2 is 2.11 bits per heavy atom. The van der Waals surface area contributed by atoms with Gasteiger partial charge in [-0.2, -0.15) is 5.10 Å². The molecule has 1 atom stereocenters. The predicted molar refractivity (Wildman–Crippen MR) is 71.5 cm³/mol. The van der Waals surface area contributed by atoms with Crippen molar-refractivity contribution >= 4 is 11.6 Å². The topological polar surface area (TPSA) is 17.8 Å². The highest BCUT2D eigenvalue weighted by Crippen LogP contribution is 2.26. The molecule has 2 rings (SSSR count). The minimum absolute atomic E-state index is 0.0636. The summed E-state index contributed by atoms with van der Waals surface area (Å²) in [6.07, 6.45) is 0. The van der Waals surface area contributed by atoms with Crippen LogP contribution in [0.4, 0.5) is 4.39 Å². The van der Waals surface area contributed by atoms with Gasteiger partial charge >= 0.3 is 0 Å². The van der Waals surface area contributed by atoms with Gasteiger partial charge in [-0.3, -0.25) is 4.68 Å². The van der Waals surface area contributed by atoms with Crippen LogP contribution >= 0.6 is 11.6 Å². The first-order valence-corrected chi connectivity index (χ1v) is 6.35. The largest absolute Gasteiger partial charge is 0.265 e. The molecule has 2 nitrogen and oxygen atoms in total. The molecule has 0 saturated heterocycles. The molecule has 1 aromatic carbocycles. The molecule has 0 saturated carbocycles. The average molecular weight is 267 g/mol. The summed E-state index contributed by atoms with van der Waals surface area (Å²) in [6.45, 7) is 6.44. The van der Waals surface area contributed by atoms with Crippen LogP contribution in [0.25, 0.3) is 0 Å². The minimum Gasteiger partial charge on any atom is -0.265 e. The van der Waals surface area contributed by atoms with Gasteiger partial charge in [-0.15, -0.1) is 11.6 Å². The fourth-order valence-corrected chi connectivity index (χ4v) is 2.56. The molecule has 0 fully saturated rings. The molecule has 0 bridgehead atoms. The van der Waals surface area contributed by atoms with Gasteiger partial charge < -0.3 is 0 Å². The Labute approximate surface area is 111 Å². The van der Waals surface area contributed by atoms with E-state index in [1.54, 1.807) is 6.07 Å². The second kappa shape index (κ2) is 5.11. The van der Waals surface area contributed by atoms with Gasteiger partial charge in [0.1, 0.15) is 5.82 Å². The molecule has 0 aliphatic carbocycles. The Morgan fingerprint density at radius 1 is 1.39 bits per heavy atom. The lowest BCUT2D eigenvalue weighted by Gasteiger charge is -2.07. The van der Waals surface area contributed by atoms with E-state index in [1.165, 1.54) is 12.1 Å². The van der Waals surface area contributed by atoms with Gasteiger partial charge in [0.2, 0.25) is 0 Å². The molecule has 1 aromatic heterocycles. The van der Waals surface area contributed by atoms with Crippen LogP contribution in [-0.4, -0.2) is 9.78 Å². The quantitative estimate of drug-likeness (QED) is 0.768. The average Bonchev–Trinajstić information content (AvgIpc) is 2.54. The van der Waals surface area contributed by atoms with Crippen molar-refractivity contribution in [1.29, 1.82) is 0 Å². The number of benzene rings is 1. The lowest BCUT2D eigenvalue weighted by molar-refractivity contribution is 0.615.